The summed E-state index contributed by atoms with van der Waals surface area (Å²) >= 11 is 0. The van der Waals surface area contributed by atoms with Crippen molar-refractivity contribution in [2.24, 2.45) is 23.2 Å². The highest BCUT2D eigenvalue weighted by molar-refractivity contribution is 5.79. The standard InChI is InChI=1S/C17H22N2O3/c20-15(21)17-6-10-4-11(7-17)14(12(5-10)8-17)19-9-13-2-1-3-18(13)16(19)22/h1-2,10-14H,3-9H2,(H,20,21). The molecule has 2 heterocycles. The SMILES string of the molecule is O=C1N2CC=CC2CN1C1C2CC3CC1CC(C(=O)O)(C3)C2. The van der Waals surface area contributed by atoms with E-state index >= 15 is 0 Å². The number of carboxylic acid groups (broad SMARTS) is 1. The number of carbonyl (C=O) groups excluding carboxylic acids is 1. The Kier molecular flexibility index (Phi) is 2.39. The van der Waals surface area contributed by atoms with E-state index in [9.17, 15) is 14.7 Å². The molecule has 6 rings (SSSR count). The molecule has 0 aromatic rings. The van der Waals surface area contributed by atoms with Crippen LogP contribution in [0.2, 0.25) is 0 Å². The molecule has 1 N–H and O–H groups in total. The number of amides is 2. The van der Waals surface area contributed by atoms with Crippen LogP contribution in [-0.4, -0.2) is 52.1 Å². The molecule has 4 bridgehead atoms. The summed E-state index contributed by atoms with van der Waals surface area (Å²) in [6.07, 6.45) is 8.91. The van der Waals surface area contributed by atoms with Crippen molar-refractivity contribution < 1.29 is 14.7 Å². The van der Waals surface area contributed by atoms with Crippen LogP contribution in [0.1, 0.15) is 32.1 Å². The Morgan fingerprint density at radius 1 is 1.18 bits per heavy atom. The predicted octanol–water partition coefficient (Wildman–Crippen LogP) is 1.94. The lowest BCUT2D eigenvalue weighted by Crippen LogP contribution is -2.61. The Balaban J connectivity index is 1.45. The van der Waals surface area contributed by atoms with Gasteiger partial charge in [0, 0.05) is 19.1 Å². The van der Waals surface area contributed by atoms with Crippen LogP contribution in [0.3, 0.4) is 0 Å². The third-order valence-electron chi connectivity index (χ3n) is 6.97. The molecule has 3 unspecified atom stereocenters. The minimum Gasteiger partial charge on any atom is -0.481 e. The summed E-state index contributed by atoms with van der Waals surface area (Å²) in [6.45, 7) is 1.54. The maximum atomic E-state index is 12.7. The van der Waals surface area contributed by atoms with Crippen LogP contribution in [-0.2, 0) is 4.79 Å². The summed E-state index contributed by atoms with van der Waals surface area (Å²) in [5.41, 5.74) is -0.480. The molecule has 2 aliphatic heterocycles. The highest BCUT2D eigenvalue weighted by Gasteiger charge is 2.61. The molecule has 4 aliphatic carbocycles. The fraction of sp³-hybridized carbons (Fsp3) is 0.765. The Hall–Kier alpha value is -1.52. The van der Waals surface area contributed by atoms with Gasteiger partial charge < -0.3 is 14.9 Å². The second kappa shape index (κ2) is 4.06. The molecule has 1 saturated heterocycles. The van der Waals surface area contributed by atoms with Gasteiger partial charge in [-0.15, -0.1) is 0 Å². The Morgan fingerprint density at radius 3 is 2.55 bits per heavy atom. The summed E-state index contributed by atoms with van der Waals surface area (Å²) in [6, 6.07) is 0.713. The first kappa shape index (κ1) is 13.0. The van der Waals surface area contributed by atoms with Crippen molar-refractivity contribution in [2.75, 3.05) is 13.1 Å². The van der Waals surface area contributed by atoms with E-state index in [1.54, 1.807) is 0 Å². The number of fused-ring (bicyclic) bond motifs is 1. The molecule has 2 amide bonds. The van der Waals surface area contributed by atoms with E-state index in [0.717, 1.165) is 45.2 Å². The van der Waals surface area contributed by atoms with Crippen molar-refractivity contribution >= 4 is 12.0 Å². The fourth-order valence-corrected chi connectivity index (χ4v) is 6.41. The van der Waals surface area contributed by atoms with Gasteiger partial charge in [0.15, 0.2) is 0 Å². The Morgan fingerprint density at radius 2 is 1.91 bits per heavy atom. The summed E-state index contributed by atoms with van der Waals surface area (Å²) in [5.74, 6) is 0.773. The van der Waals surface area contributed by atoms with Crippen molar-refractivity contribution in [1.29, 1.82) is 0 Å². The van der Waals surface area contributed by atoms with Gasteiger partial charge in [0.05, 0.1) is 11.5 Å². The van der Waals surface area contributed by atoms with Crippen LogP contribution < -0.4 is 0 Å². The fourth-order valence-electron chi connectivity index (χ4n) is 6.41. The normalized spacial score (nSPS) is 48.4. The monoisotopic (exact) mass is 302 g/mol. The summed E-state index contributed by atoms with van der Waals surface area (Å²) < 4.78 is 0. The second-order valence-electron chi connectivity index (χ2n) is 8.13. The lowest BCUT2D eigenvalue weighted by atomic mass is 9.47. The number of carboxylic acids is 1. The molecule has 0 radical (unpaired) electrons. The maximum absolute atomic E-state index is 12.7. The van der Waals surface area contributed by atoms with E-state index < -0.39 is 11.4 Å². The number of aliphatic carboxylic acids is 1. The molecule has 5 heteroatoms. The minimum absolute atomic E-state index is 0.178. The van der Waals surface area contributed by atoms with Crippen LogP contribution in [0.4, 0.5) is 4.79 Å². The molecule has 6 aliphatic rings. The molecule has 4 saturated carbocycles. The average Bonchev–Trinajstić information content (AvgIpc) is 3.02. The average molecular weight is 302 g/mol. The van der Waals surface area contributed by atoms with Gasteiger partial charge in [-0.25, -0.2) is 4.79 Å². The van der Waals surface area contributed by atoms with Gasteiger partial charge in [-0.1, -0.05) is 12.2 Å². The van der Waals surface area contributed by atoms with E-state index in [2.05, 4.69) is 17.1 Å². The number of hydrogen-bond donors (Lipinski definition) is 1. The van der Waals surface area contributed by atoms with Gasteiger partial charge in [0.1, 0.15) is 0 Å². The molecule has 5 fully saturated rings. The molecule has 0 aromatic heterocycles. The molecule has 5 nitrogen and oxygen atoms in total. The van der Waals surface area contributed by atoms with Crippen molar-refractivity contribution in [2.45, 2.75) is 44.2 Å². The van der Waals surface area contributed by atoms with Crippen LogP contribution in [0, 0.1) is 23.2 Å². The number of rotatable bonds is 2. The summed E-state index contributed by atoms with van der Waals surface area (Å²) in [5, 5.41) is 9.72. The van der Waals surface area contributed by atoms with Gasteiger partial charge >= 0.3 is 12.0 Å². The van der Waals surface area contributed by atoms with E-state index in [-0.39, 0.29) is 18.1 Å². The molecule has 22 heavy (non-hydrogen) atoms. The van der Waals surface area contributed by atoms with Crippen LogP contribution in [0.15, 0.2) is 12.2 Å². The molecule has 118 valence electrons. The van der Waals surface area contributed by atoms with E-state index in [0.29, 0.717) is 17.8 Å². The lowest BCUT2D eigenvalue weighted by molar-refractivity contribution is -0.170. The van der Waals surface area contributed by atoms with Gasteiger partial charge in [0.2, 0.25) is 0 Å². The number of nitrogens with zero attached hydrogens (tertiary/aromatic N) is 2. The molecule has 0 spiro atoms. The third-order valence-corrected chi connectivity index (χ3v) is 6.97. The zero-order valence-electron chi connectivity index (χ0n) is 12.6. The second-order valence-corrected chi connectivity index (χ2v) is 8.13. The van der Waals surface area contributed by atoms with Crippen molar-refractivity contribution in [3.63, 3.8) is 0 Å². The Bertz CT molecular complexity index is 570. The minimum atomic E-state index is -0.596. The Labute approximate surface area is 129 Å². The topological polar surface area (TPSA) is 60.9 Å². The zero-order valence-corrected chi connectivity index (χ0v) is 12.6. The van der Waals surface area contributed by atoms with Crippen molar-refractivity contribution in [1.82, 2.24) is 9.80 Å². The van der Waals surface area contributed by atoms with Crippen LogP contribution in [0.25, 0.3) is 0 Å². The lowest BCUT2D eigenvalue weighted by Gasteiger charge is -2.59. The van der Waals surface area contributed by atoms with Gasteiger partial charge in [-0.2, -0.15) is 0 Å². The first-order chi connectivity index (χ1) is 10.6. The molecular formula is C17H22N2O3. The maximum Gasteiger partial charge on any atom is 0.321 e. The number of hydrogen-bond acceptors (Lipinski definition) is 2. The molecule has 0 aromatic carbocycles. The smallest absolute Gasteiger partial charge is 0.321 e. The number of urea groups is 1. The summed E-state index contributed by atoms with van der Waals surface area (Å²) in [7, 11) is 0. The van der Waals surface area contributed by atoms with Crippen molar-refractivity contribution in [3.05, 3.63) is 12.2 Å². The first-order valence-corrected chi connectivity index (χ1v) is 8.55. The third kappa shape index (κ3) is 1.49. The first-order valence-electron chi connectivity index (χ1n) is 8.55. The number of carbonyl (C=O) groups is 2. The van der Waals surface area contributed by atoms with Crippen molar-refractivity contribution in [3.8, 4) is 0 Å². The van der Waals surface area contributed by atoms with E-state index in [1.165, 1.54) is 0 Å². The van der Waals surface area contributed by atoms with Crippen LogP contribution in [0.5, 0.6) is 0 Å². The molecule has 3 atom stereocenters. The van der Waals surface area contributed by atoms with Gasteiger partial charge in [-0.3, -0.25) is 4.79 Å². The highest BCUT2D eigenvalue weighted by Crippen LogP contribution is 2.61. The van der Waals surface area contributed by atoms with E-state index in [1.807, 2.05) is 4.90 Å². The highest BCUT2D eigenvalue weighted by atomic mass is 16.4. The van der Waals surface area contributed by atoms with Gasteiger partial charge in [-0.05, 0) is 49.9 Å². The van der Waals surface area contributed by atoms with E-state index in [4.69, 9.17) is 0 Å². The van der Waals surface area contributed by atoms with Gasteiger partial charge in [0.25, 0.3) is 0 Å². The predicted molar refractivity (Wildman–Crippen MR) is 79.1 cm³/mol. The largest absolute Gasteiger partial charge is 0.481 e. The zero-order chi connectivity index (χ0) is 15.1. The summed E-state index contributed by atoms with van der Waals surface area (Å²) in [4.78, 5) is 28.6. The molecular weight excluding hydrogens is 280 g/mol. The quantitative estimate of drug-likeness (QED) is 0.793. The van der Waals surface area contributed by atoms with Crippen LogP contribution >= 0.6 is 0 Å².